The van der Waals surface area contributed by atoms with Crippen LogP contribution in [0.15, 0.2) is 77.7 Å². The van der Waals surface area contributed by atoms with Crippen molar-refractivity contribution in [1.29, 1.82) is 0 Å². The summed E-state index contributed by atoms with van der Waals surface area (Å²) in [4.78, 5) is 16.5. The molecular formula is C19H15N5O2. The van der Waals surface area contributed by atoms with E-state index in [1.807, 2.05) is 42.5 Å². The molecule has 0 saturated heterocycles. The number of anilines is 1. The maximum atomic E-state index is 12.3. The fraction of sp³-hybridized carbons (Fsp3) is 0.0526. The second-order valence-electron chi connectivity index (χ2n) is 5.66. The smallest absolute Gasteiger partial charge is 0.294 e. The monoisotopic (exact) mass is 345 g/mol. The molecule has 4 aromatic rings. The highest BCUT2D eigenvalue weighted by molar-refractivity contribution is 6.02. The number of benzene rings is 1. The number of nitrogens with one attached hydrogen (secondary N) is 1. The summed E-state index contributed by atoms with van der Waals surface area (Å²) in [6.07, 6.45) is 5.02. The van der Waals surface area contributed by atoms with Gasteiger partial charge < -0.3 is 9.84 Å². The lowest BCUT2D eigenvalue weighted by atomic mass is 10.2. The molecular weight excluding hydrogens is 330 g/mol. The van der Waals surface area contributed by atoms with Crippen molar-refractivity contribution in [2.24, 2.45) is 0 Å². The van der Waals surface area contributed by atoms with Gasteiger partial charge in [0.15, 0.2) is 0 Å². The van der Waals surface area contributed by atoms with Crippen molar-refractivity contribution in [3.8, 4) is 11.4 Å². The molecule has 0 saturated carbocycles. The summed E-state index contributed by atoms with van der Waals surface area (Å²) in [6, 6.07) is 17.0. The lowest BCUT2D eigenvalue weighted by Gasteiger charge is -2.01. The lowest BCUT2D eigenvalue weighted by Crippen LogP contribution is -2.10. The fourth-order valence-corrected chi connectivity index (χ4v) is 2.49. The molecule has 0 spiro atoms. The van der Waals surface area contributed by atoms with Gasteiger partial charge in [-0.3, -0.25) is 14.5 Å². The van der Waals surface area contributed by atoms with Crippen LogP contribution in [0.1, 0.15) is 16.1 Å². The molecule has 0 unspecified atom stereocenters. The van der Waals surface area contributed by atoms with Crippen LogP contribution in [0.25, 0.3) is 11.4 Å². The first kappa shape index (κ1) is 15.8. The molecule has 1 N–H and O–H groups in total. The molecule has 0 aliphatic rings. The molecule has 1 aromatic carbocycles. The Morgan fingerprint density at radius 2 is 1.92 bits per heavy atom. The zero-order valence-corrected chi connectivity index (χ0v) is 13.7. The van der Waals surface area contributed by atoms with Gasteiger partial charge in [-0.25, -0.2) is 0 Å². The van der Waals surface area contributed by atoms with E-state index in [2.05, 4.69) is 20.6 Å². The Morgan fingerprint density at radius 1 is 1.08 bits per heavy atom. The standard InChI is InChI=1S/C19H15N5O2/c25-19(18-10-17(23-26-18)16-8-4-5-9-20-16)22-15-11-21-24(13-15)12-14-6-2-1-3-7-14/h1-11,13H,12H2,(H,22,25). The van der Waals surface area contributed by atoms with Gasteiger partial charge >= 0.3 is 0 Å². The van der Waals surface area contributed by atoms with Crippen LogP contribution in [-0.4, -0.2) is 25.8 Å². The number of carbonyl (C=O) groups excluding carboxylic acids is 1. The minimum absolute atomic E-state index is 0.112. The van der Waals surface area contributed by atoms with Gasteiger partial charge in [0.25, 0.3) is 5.91 Å². The summed E-state index contributed by atoms with van der Waals surface area (Å²) in [5, 5.41) is 10.9. The van der Waals surface area contributed by atoms with Crippen molar-refractivity contribution in [2.45, 2.75) is 6.54 Å². The van der Waals surface area contributed by atoms with E-state index in [0.29, 0.717) is 23.6 Å². The molecule has 3 aromatic heterocycles. The van der Waals surface area contributed by atoms with Gasteiger partial charge in [-0.2, -0.15) is 5.10 Å². The Morgan fingerprint density at radius 3 is 2.73 bits per heavy atom. The molecule has 0 radical (unpaired) electrons. The van der Waals surface area contributed by atoms with Crippen molar-refractivity contribution in [3.63, 3.8) is 0 Å². The van der Waals surface area contributed by atoms with Crippen molar-refractivity contribution < 1.29 is 9.32 Å². The van der Waals surface area contributed by atoms with Crippen LogP contribution in [0.2, 0.25) is 0 Å². The summed E-state index contributed by atoms with van der Waals surface area (Å²) >= 11 is 0. The maximum absolute atomic E-state index is 12.3. The fourth-order valence-electron chi connectivity index (χ4n) is 2.49. The summed E-state index contributed by atoms with van der Waals surface area (Å²) in [6.45, 7) is 0.628. The summed E-state index contributed by atoms with van der Waals surface area (Å²) in [7, 11) is 0. The van der Waals surface area contributed by atoms with E-state index >= 15 is 0 Å². The molecule has 7 nitrogen and oxygen atoms in total. The van der Waals surface area contributed by atoms with Crippen molar-refractivity contribution >= 4 is 11.6 Å². The second kappa shape index (κ2) is 7.02. The van der Waals surface area contributed by atoms with E-state index in [-0.39, 0.29) is 11.7 Å². The predicted octanol–water partition coefficient (Wildman–Crippen LogP) is 3.23. The first-order valence-electron chi connectivity index (χ1n) is 8.04. The van der Waals surface area contributed by atoms with Crippen molar-refractivity contribution in [3.05, 3.63) is 84.5 Å². The summed E-state index contributed by atoms with van der Waals surface area (Å²) in [5.41, 5.74) is 2.87. The quantitative estimate of drug-likeness (QED) is 0.600. The maximum Gasteiger partial charge on any atom is 0.294 e. The van der Waals surface area contributed by atoms with Crippen LogP contribution in [0.3, 0.4) is 0 Å². The van der Waals surface area contributed by atoms with Gasteiger partial charge in [0.2, 0.25) is 5.76 Å². The molecule has 0 aliphatic heterocycles. The molecule has 0 aliphatic carbocycles. The number of rotatable bonds is 5. The minimum atomic E-state index is -0.390. The van der Waals surface area contributed by atoms with Crippen LogP contribution in [-0.2, 0) is 6.54 Å². The average molecular weight is 345 g/mol. The molecule has 0 bridgehead atoms. The molecule has 3 heterocycles. The van der Waals surface area contributed by atoms with Gasteiger partial charge in [-0.1, -0.05) is 41.6 Å². The van der Waals surface area contributed by atoms with Crippen LogP contribution in [0.4, 0.5) is 5.69 Å². The molecule has 0 fully saturated rings. The van der Waals surface area contributed by atoms with Crippen LogP contribution < -0.4 is 5.32 Å². The van der Waals surface area contributed by atoms with Crippen molar-refractivity contribution in [1.82, 2.24) is 19.9 Å². The largest absolute Gasteiger partial charge is 0.350 e. The molecule has 128 valence electrons. The minimum Gasteiger partial charge on any atom is -0.350 e. The van der Waals surface area contributed by atoms with Crippen LogP contribution >= 0.6 is 0 Å². The third-order valence-electron chi connectivity index (χ3n) is 3.74. The number of nitrogens with zero attached hydrogens (tertiary/aromatic N) is 4. The highest BCUT2D eigenvalue weighted by atomic mass is 16.5. The number of amides is 1. The van der Waals surface area contributed by atoms with Gasteiger partial charge in [-0.15, -0.1) is 0 Å². The first-order chi connectivity index (χ1) is 12.8. The van der Waals surface area contributed by atoms with E-state index in [0.717, 1.165) is 5.56 Å². The van der Waals surface area contributed by atoms with Gasteiger partial charge in [0, 0.05) is 18.5 Å². The number of pyridine rings is 1. The van der Waals surface area contributed by atoms with E-state index in [4.69, 9.17) is 4.52 Å². The number of aromatic nitrogens is 4. The summed E-state index contributed by atoms with van der Waals surface area (Å²) < 4.78 is 6.88. The highest BCUT2D eigenvalue weighted by Gasteiger charge is 2.15. The number of hydrogen-bond donors (Lipinski definition) is 1. The first-order valence-corrected chi connectivity index (χ1v) is 8.04. The Labute approximate surface area is 149 Å². The molecule has 4 rings (SSSR count). The van der Waals surface area contributed by atoms with Crippen molar-refractivity contribution in [2.75, 3.05) is 5.32 Å². The molecule has 0 atom stereocenters. The zero-order chi connectivity index (χ0) is 17.8. The van der Waals surface area contributed by atoms with Gasteiger partial charge in [0.1, 0.15) is 5.69 Å². The predicted molar refractivity (Wildman–Crippen MR) is 95.5 cm³/mol. The SMILES string of the molecule is O=C(Nc1cnn(Cc2ccccc2)c1)c1cc(-c2ccccn2)no1. The summed E-state index contributed by atoms with van der Waals surface area (Å²) in [5.74, 6) is -0.277. The topological polar surface area (TPSA) is 85.8 Å². The van der Waals surface area contributed by atoms with E-state index in [1.165, 1.54) is 0 Å². The molecule has 26 heavy (non-hydrogen) atoms. The number of carbonyl (C=O) groups is 1. The number of hydrogen-bond acceptors (Lipinski definition) is 5. The Balaban J connectivity index is 1.43. The lowest BCUT2D eigenvalue weighted by molar-refractivity contribution is 0.0988. The van der Waals surface area contributed by atoms with Crippen LogP contribution in [0, 0.1) is 0 Å². The Bertz CT molecular complexity index is 1010. The molecule has 1 amide bonds. The Hall–Kier alpha value is -3.74. The van der Waals surface area contributed by atoms with E-state index in [1.54, 1.807) is 35.4 Å². The van der Waals surface area contributed by atoms with E-state index in [9.17, 15) is 4.79 Å². The third-order valence-corrected chi connectivity index (χ3v) is 3.74. The average Bonchev–Trinajstić information content (AvgIpc) is 3.33. The van der Waals surface area contributed by atoms with Gasteiger partial charge in [0.05, 0.1) is 24.1 Å². The van der Waals surface area contributed by atoms with E-state index < -0.39 is 0 Å². The third kappa shape index (κ3) is 3.51. The van der Waals surface area contributed by atoms with Gasteiger partial charge in [-0.05, 0) is 17.7 Å². The Kier molecular flexibility index (Phi) is 4.26. The highest BCUT2D eigenvalue weighted by Crippen LogP contribution is 2.17. The normalized spacial score (nSPS) is 10.6. The second-order valence-corrected chi connectivity index (χ2v) is 5.66. The molecule has 7 heteroatoms. The zero-order valence-electron chi connectivity index (χ0n) is 13.7. The van der Waals surface area contributed by atoms with Crippen LogP contribution in [0.5, 0.6) is 0 Å².